The third-order valence-electron chi connectivity index (χ3n) is 4.12. The predicted molar refractivity (Wildman–Crippen MR) is 80.3 cm³/mol. The number of ether oxygens (including phenoxy) is 1. The van der Waals surface area contributed by atoms with E-state index in [1.54, 1.807) is 4.31 Å². The van der Waals surface area contributed by atoms with Crippen LogP contribution in [0.25, 0.3) is 0 Å². The lowest BCUT2D eigenvalue weighted by molar-refractivity contribution is 0.126. The zero-order valence-corrected chi connectivity index (χ0v) is 13.3. The van der Waals surface area contributed by atoms with E-state index in [9.17, 15) is 8.42 Å². The van der Waals surface area contributed by atoms with Gasteiger partial charge in [-0.2, -0.15) is 0 Å². The maximum atomic E-state index is 12.6. The van der Waals surface area contributed by atoms with Crippen LogP contribution in [0.2, 0.25) is 0 Å². The second kappa shape index (κ2) is 7.73. The molecule has 0 aromatic heterocycles. The van der Waals surface area contributed by atoms with Gasteiger partial charge in [0.2, 0.25) is 10.0 Å². The molecule has 2 heterocycles. The molecule has 20 heavy (non-hydrogen) atoms. The summed E-state index contributed by atoms with van der Waals surface area (Å²) in [5, 5.41) is 3.44. The number of rotatable bonds is 7. The molecule has 0 aromatic rings. The molecule has 0 saturated carbocycles. The van der Waals surface area contributed by atoms with E-state index in [1.807, 2.05) is 6.92 Å². The van der Waals surface area contributed by atoms with Gasteiger partial charge in [0, 0.05) is 25.7 Å². The van der Waals surface area contributed by atoms with Gasteiger partial charge in [0.25, 0.3) is 0 Å². The fraction of sp³-hybridized carbons (Fsp3) is 1.00. The molecule has 0 spiro atoms. The van der Waals surface area contributed by atoms with Crippen LogP contribution in [-0.4, -0.2) is 56.9 Å². The van der Waals surface area contributed by atoms with Crippen molar-refractivity contribution < 1.29 is 13.2 Å². The van der Waals surface area contributed by atoms with Crippen LogP contribution in [0.3, 0.4) is 0 Å². The molecular formula is C14H28N2O3S. The first-order valence-corrected chi connectivity index (χ1v) is 9.55. The molecule has 2 fully saturated rings. The fourth-order valence-corrected chi connectivity index (χ4v) is 4.85. The van der Waals surface area contributed by atoms with E-state index in [1.165, 1.54) is 12.8 Å². The molecule has 2 saturated heterocycles. The second-order valence-corrected chi connectivity index (χ2v) is 7.93. The standard InChI is InChI=1S/C14H28N2O3S/c1-2-9-16(11-13-6-3-4-8-15-13)20(17,18)12-14-7-5-10-19-14/h13-15H,2-12H2,1H3. The van der Waals surface area contributed by atoms with Gasteiger partial charge in [-0.3, -0.25) is 0 Å². The number of hydrogen-bond donors (Lipinski definition) is 1. The third-order valence-corrected chi connectivity index (χ3v) is 6.03. The Hall–Kier alpha value is -0.170. The van der Waals surface area contributed by atoms with Crippen molar-refractivity contribution in [2.75, 3.05) is 32.0 Å². The first-order valence-electron chi connectivity index (χ1n) is 7.94. The average Bonchev–Trinajstić information content (AvgIpc) is 2.91. The number of hydrogen-bond acceptors (Lipinski definition) is 4. The van der Waals surface area contributed by atoms with Crippen LogP contribution in [0.4, 0.5) is 0 Å². The molecule has 6 heteroatoms. The predicted octanol–water partition coefficient (Wildman–Crippen LogP) is 1.35. The van der Waals surface area contributed by atoms with Crippen LogP contribution in [0.1, 0.15) is 45.4 Å². The summed E-state index contributed by atoms with van der Waals surface area (Å²) in [5.41, 5.74) is 0. The Kier molecular flexibility index (Phi) is 6.26. The van der Waals surface area contributed by atoms with E-state index in [4.69, 9.17) is 4.74 Å². The van der Waals surface area contributed by atoms with Crippen molar-refractivity contribution >= 4 is 10.0 Å². The molecular weight excluding hydrogens is 276 g/mol. The Balaban J connectivity index is 1.93. The zero-order valence-electron chi connectivity index (χ0n) is 12.5. The van der Waals surface area contributed by atoms with Crippen molar-refractivity contribution in [1.82, 2.24) is 9.62 Å². The summed E-state index contributed by atoms with van der Waals surface area (Å²) in [4.78, 5) is 0. The highest BCUT2D eigenvalue weighted by molar-refractivity contribution is 7.89. The molecule has 0 amide bonds. The maximum Gasteiger partial charge on any atom is 0.216 e. The minimum Gasteiger partial charge on any atom is -0.377 e. The molecule has 5 nitrogen and oxygen atoms in total. The first-order chi connectivity index (χ1) is 9.62. The monoisotopic (exact) mass is 304 g/mol. The first kappa shape index (κ1) is 16.2. The topological polar surface area (TPSA) is 58.6 Å². The molecule has 2 rings (SSSR count). The van der Waals surface area contributed by atoms with Crippen LogP contribution >= 0.6 is 0 Å². The normalized spacial score (nSPS) is 28.1. The Morgan fingerprint density at radius 1 is 1.25 bits per heavy atom. The van der Waals surface area contributed by atoms with Crippen LogP contribution < -0.4 is 5.32 Å². The molecule has 118 valence electrons. The highest BCUT2D eigenvalue weighted by Gasteiger charge is 2.30. The van der Waals surface area contributed by atoms with Crippen LogP contribution in [0.5, 0.6) is 0 Å². The van der Waals surface area contributed by atoms with Crippen LogP contribution in [0.15, 0.2) is 0 Å². The summed E-state index contributed by atoms with van der Waals surface area (Å²) in [7, 11) is -3.20. The largest absolute Gasteiger partial charge is 0.377 e. The van der Waals surface area contributed by atoms with Gasteiger partial charge in [0.1, 0.15) is 0 Å². The molecule has 1 N–H and O–H groups in total. The molecule has 0 aromatic carbocycles. The van der Waals surface area contributed by atoms with E-state index >= 15 is 0 Å². The number of nitrogens with one attached hydrogen (secondary N) is 1. The fourth-order valence-electron chi connectivity index (χ4n) is 3.04. The number of nitrogens with zero attached hydrogens (tertiary/aromatic N) is 1. The smallest absolute Gasteiger partial charge is 0.216 e. The summed E-state index contributed by atoms with van der Waals surface area (Å²) >= 11 is 0. The highest BCUT2D eigenvalue weighted by atomic mass is 32.2. The van der Waals surface area contributed by atoms with Crippen LogP contribution in [0, 0.1) is 0 Å². The third kappa shape index (κ3) is 4.69. The maximum absolute atomic E-state index is 12.6. The lowest BCUT2D eigenvalue weighted by Crippen LogP contribution is -2.47. The lowest BCUT2D eigenvalue weighted by atomic mass is 10.1. The Labute approximate surface area is 123 Å². The highest BCUT2D eigenvalue weighted by Crippen LogP contribution is 2.18. The molecule has 2 unspecified atom stereocenters. The second-order valence-electron chi connectivity index (χ2n) is 5.92. The molecule has 2 aliphatic heterocycles. The van der Waals surface area contributed by atoms with Gasteiger partial charge >= 0.3 is 0 Å². The minimum absolute atomic E-state index is 0.0985. The molecule has 0 bridgehead atoms. The van der Waals surface area contributed by atoms with Crippen molar-refractivity contribution in [3.05, 3.63) is 0 Å². The van der Waals surface area contributed by atoms with Crippen molar-refractivity contribution in [3.8, 4) is 0 Å². The molecule has 2 aliphatic rings. The summed E-state index contributed by atoms with van der Waals surface area (Å²) in [6.45, 7) is 4.98. The summed E-state index contributed by atoms with van der Waals surface area (Å²) in [5.74, 6) is 0.152. The zero-order chi connectivity index (χ0) is 14.4. The van der Waals surface area contributed by atoms with E-state index in [-0.39, 0.29) is 11.9 Å². The lowest BCUT2D eigenvalue weighted by Gasteiger charge is -2.30. The van der Waals surface area contributed by atoms with E-state index < -0.39 is 10.0 Å². The van der Waals surface area contributed by atoms with Gasteiger partial charge in [-0.15, -0.1) is 0 Å². The van der Waals surface area contributed by atoms with E-state index in [0.717, 1.165) is 32.2 Å². The van der Waals surface area contributed by atoms with Gasteiger partial charge < -0.3 is 10.1 Å². The van der Waals surface area contributed by atoms with Crippen molar-refractivity contribution in [2.24, 2.45) is 0 Å². The van der Waals surface area contributed by atoms with E-state index in [0.29, 0.717) is 25.7 Å². The molecule has 2 atom stereocenters. The molecule has 0 radical (unpaired) electrons. The van der Waals surface area contributed by atoms with Crippen LogP contribution in [-0.2, 0) is 14.8 Å². The van der Waals surface area contributed by atoms with Gasteiger partial charge in [-0.1, -0.05) is 13.3 Å². The van der Waals surface area contributed by atoms with Gasteiger partial charge in [-0.05, 0) is 38.6 Å². The number of sulfonamides is 1. The minimum atomic E-state index is -3.20. The Bertz CT molecular complexity index is 374. The summed E-state index contributed by atoms with van der Waals surface area (Å²) in [6.07, 6.45) is 6.10. The molecule has 0 aliphatic carbocycles. The summed E-state index contributed by atoms with van der Waals surface area (Å²) < 4.78 is 32.3. The van der Waals surface area contributed by atoms with Crippen molar-refractivity contribution in [3.63, 3.8) is 0 Å². The average molecular weight is 304 g/mol. The number of piperidine rings is 1. The van der Waals surface area contributed by atoms with Gasteiger partial charge in [-0.25, -0.2) is 12.7 Å². The quantitative estimate of drug-likeness (QED) is 0.771. The Morgan fingerprint density at radius 3 is 2.70 bits per heavy atom. The SMILES string of the molecule is CCCN(CC1CCCCN1)S(=O)(=O)CC1CCCO1. The van der Waals surface area contributed by atoms with Gasteiger partial charge in [0.05, 0.1) is 11.9 Å². The summed E-state index contributed by atoms with van der Waals surface area (Å²) in [6, 6.07) is 0.314. The van der Waals surface area contributed by atoms with E-state index in [2.05, 4.69) is 5.32 Å². The van der Waals surface area contributed by atoms with Crippen molar-refractivity contribution in [2.45, 2.75) is 57.6 Å². The van der Waals surface area contributed by atoms with Crippen molar-refractivity contribution in [1.29, 1.82) is 0 Å². The Morgan fingerprint density at radius 2 is 2.10 bits per heavy atom. The van der Waals surface area contributed by atoms with Gasteiger partial charge in [0.15, 0.2) is 0 Å².